The van der Waals surface area contributed by atoms with Crippen LogP contribution in [0, 0.1) is 0 Å². The van der Waals surface area contributed by atoms with Crippen LogP contribution >= 0.6 is 0 Å². The van der Waals surface area contributed by atoms with Gasteiger partial charge in [0.1, 0.15) is 0 Å². The molecule has 0 bridgehead atoms. The van der Waals surface area contributed by atoms with E-state index in [1.165, 1.54) is 5.56 Å². The van der Waals surface area contributed by atoms with Crippen molar-refractivity contribution in [2.24, 2.45) is 7.05 Å². The minimum absolute atomic E-state index is 0.0153. The fourth-order valence-electron chi connectivity index (χ4n) is 3.27. The second kappa shape index (κ2) is 8.52. The van der Waals surface area contributed by atoms with Crippen molar-refractivity contribution in [3.63, 3.8) is 0 Å². The lowest BCUT2D eigenvalue weighted by molar-refractivity contribution is -0.120. The van der Waals surface area contributed by atoms with E-state index in [2.05, 4.69) is 39.7 Å². The molecule has 0 unspecified atom stereocenters. The van der Waals surface area contributed by atoms with E-state index in [4.69, 9.17) is 0 Å². The van der Waals surface area contributed by atoms with Crippen LogP contribution in [-0.4, -0.2) is 20.7 Å². The third-order valence-corrected chi connectivity index (χ3v) is 4.77. The van der Waals surface area contributed by atoms with Gasteiger partial charge in [-0.25, -0.2) is 0 Å². The van der Waals surface area contributed by atoms with E-state index in [0.29, 0.717) is 13.0 Å². The molecular weight excluding hydrogens is 360 g/mol. The van der Waals surface area contributed by atoms with Gasteiger partial charge < -0.3 is 5.32 Å². The van der Waals surface area contributed by atoms with Gasteiger partial charge in [0.15, 0.2) is 0 Å². The summed E-state index contributed by atoms with van der Waals surface area (Å²) in [6.45, 7) is 0.430. The Hall–Kier alpha value is -3.73. The number of carbonyl (C=O) groups excluding carboxylic acids is 1. The molecule has 2 heterocycles. The maximum atomic E-state index is 12.4. The topological polar surface area (TPSA) is 59.8 Å². The standard InChI is InChI=1S/C24H22N4O/c1-28-17-22(16-27-28)24-21(8-5-13-25-24)15-26-23(29)14-18-9-11-20(12-10-18)19-6-3-2-4-7-19/h2-13,16-17H,14-15H2,1H3,(H,26,29). The quantitative estimate of drug-likeness (QED) is 0.548. The Morgan fingerprint density at radius 1 is 0.931 bits per heavy atom. The summed E-state index contributed by atoms with van der Waals surface area (Å²) in [5, 5.41) is 7.21. The zero-order valence-corrected chi connectivity index (χ0v) is 16.2. The Balaban J connectivity index is 1.39. The van der Waals surface area contributed by atoms with Gasteiger partial charge >= 0.3 is 0 Å². The van der Waals surface area contributed by atoms with Crippen LogP contribution in [0.5, 0.6) is 0 Å². The van der Waals surface area contributed by atoms with Gasteiger partial charge in [-0.2, -0.15) is 5.10 Å². The largest absolute Gasteiger partial charge is 0.352 e. The van der Waals surface area contributed by atoms with Crippen LogP contribution in [0.4, 0.5) is 0 Å². The highest BCUT2D eigenvalue weighted by molar-refractivity contribution is 5.79. The van der Waals surface area contributed by atoms with E-state index >= 15 is 0 Å². The molecule has 0 saturated heterocycles. The first-order valence-corrected chi connectivity index (χ1v) is 9.53. The maximum absolute atomic E-state index is 12.4. The molecule has 1 amide bonds. The van der Waals surface area contributed by atoms with Gasteiger partial charge in [-0.3, -0.25) is 14.5 Å². The molecule has 4 aromatic rings. The molecule has 2 aromatic heterocycles. The van der Waals surface area contributed by atoms with Crippen molar-refractivity contribution in [3.8, 4) is 22.4 Å². The Morgan fingerprint density at radius 3 is 2.41 bits per heavy atom. The van der Waals surface area contributed by atoms with E-state index in [9.17, 15) is 4.79 Å². The van der Waals surface area contributed by atoms with Crippen molar-refractivity contribution >= 4 is 5.91 Å². The monoisotopic (exact) mass is 382 g/mol. The van der Waals surface area contributed by atoms with Gasteiger partial charge in [0.05, 0.1) is 18.3 Å². The predicted molar refractivity (Wildman–Crippen MR) is 114 cm³/mol. The number of nitrogens with zero attached hydrogens (tertiary/aromatic N) is 3. The van der Waals surface area contributed by atoms with Crippen molar-refractivity contribution in [2.75, 3.05) is 0 Å². The van der Waals surface area contributed by atoms with Crippen LogP contribution < -0.4 is 5.32 Å². The first kappa shape index (κ1) is 18.6. The summed E-state index contributed by atoms with van der Waals surface area (Å²) in [5.74, 6) is -0.0153. The van der Waals surface area contributed by atoms with E-state index in [0.717, 1.165) is 27.9 Å². The van der Waals surface area contributed by atoms with Gasteiger partial charge in [0, 0.05) is 31.5 Å². The first-order chi connectivity index (χ1) is 14.2. The van der Waals surface area contributed by atoms with Gasteiger partial charge in [-0.1, -0.05) is 60.7 Å². The van der Waals surface area contributed by atoms with Gasteiger partial charge in [-0.05, 0) is 28.3 Å². The highest BCUT2D eigenvalue weighted by Crippen LogP contribution is 2.21. The zero-order chi connectivity index (χ0) is 20.1. The van der Waals surface area contributed by atoms with Crippen molar-refractivity contribution in [1.29, 1.82) is 0 Å². The molecule has 0 aliphatic heterocycles. The molecule has 2 aromatic carbocycles. The molecule has 5 heteroatoms. The molecule has 5 nitrogen and oxygen atoms in total. The summed E-state index contributed by atoms with van der Waals surface area (Å²) in [5.41, 5.74) is 6.05. The maximum Gasteiger partial charge on any atom is 0.224 e. The highest BCUT2D eigenvalue weighted by Gasteiger charge is 2.10. The zero-order valence-electron chi connectivity index (χ0n) is 16.2. The van der Waals surface area contributed by atoms with E-state index in [1.54, 1.807) is 17.1 Å². The number of hydrogen-bond donors (Lipinski definition) is 1. The number of hydrogen-bond acceptors (Lipinski definition) is 3. The van der Waals surface area contributed by atoms with Crippen LogP contribution in [0.1, 0.15) is 11.1 Å². The summed E-state index contributed by atoms with van der Waals surface area (Å²) in [7, 11) is 1.87. The number of carbonyl (C=O) groups is 1. The minimum Gasteiger partial charge on any atom is -0.352 e. The Morgan fingerprint density at radius 2 is 1.69 bits per heavy atom. The van der Waals surface area contributed by atoms with E-state index < -0.39 is 0 Å². The average molecular weight is 382 g/mol. The molecule has 0 radical (unpaired) electrons. The molecule has 144 valence electrons. The summed E-state index contributed by atoms with van der Waals surface area (Å²) in [6, 6.07) is 22.2. The molecule has 0 aliphatic carbocycles. The molecule has 4 rings (SSSR count). The highest BCUT2D eigenvalue weighted by atomic mass is 16.1. The molecule has 0 atom stereocenters. The van der Waals surface area contributed by atoms with Crippen molar-refractivity contribution in [3.05, 3.63) is 96.4 Å². The summed E-state index contributed by atoms with van der Waals surface area (Å²) < 4.78 is 1.74. The number of aryl methyl sites for hydroxylation is 1. The van der Waals surface area contributed by atoms with E-state index in [1.807, 2.05) is 55.7 Å². The Kier molecular flexibility index (Phi) is 5.47. The fourth-order valence-corrected chi connectivity index (χ4v) is 3.27. The van der Waals surface area contributed by atoms with Crippen molar-refractivity contribution < 1.29 is 4.79 Å². The van der Waals surface area contributed by atoms with E-state index in [-0.39, 0.29) is 5.91 Å². The Bertz CT molecular complexity index is 1100. The molecule has 0 saturated carbocycles. The third kappa shape index (κ3) is 4.58. The lowest BCUT2D eigenvalue weighted by Gasteiger charge is -2.09. The number of pyridine rings is 1. The molecule has 29 heavy (non-hydrogen) atoms. The lowest BCUT2D eigenvalue weighted by atomic mass is 10.0. The number of nitrogens with one attached hydrogen (secondary N) is 1. The SMILES string of the molecule is Cn1cc(-c2ncccc2CNC(=O)Cc2ccc(-c3ccccc3)cc2)cn1. The fraction of sp³-hybridized carbons (Fsp3) is 0.125. The second-order valence-corrected chi connectivity index (χ2v) is 6.93. The van der Waals surface area contributed by atoms with Crippen molar-refractivity contribution in [1.82, 2.24) is 20.1 Å². The third-order valence-electron chi connectivity index (χ3n) is 4.77. The predicted octanol–water partition coefficient (Wildman–Crippen LogP) is 4.01. The van der Waals surface area contributed by atoms with Crippen LogP contribution in [0.15, 0.2) is 85.3 Å². The Labute approximate surface area is 170 Å². The van der Waals surface area contributed by atoms with Crippen LogP contribution in [-0.2, 0) is 24.8 Å². The molecule has 0 spiro atoms. The minimum atomic E-state index is -0.0153. The van der Waals surface area contributed by atoms with Crippen molar-refractivity contribution in [2.45, 2.75) is 13.0 Å². The smallest absolute Gasteiger partial charge is 0.224 e. The first-order valence-electron chi connectivity index (χ1n) is 9.53. The van der Waals surface area contributed by atoms with Gasteiger partial charge in [0.25, 0.3) is 0 Å². The van der Waals surface area contributed by atoms with Gasteiger partial charge in [0.2, 0.25) is 5.91 Å². The number of aromatic nitrogens is 3. The number of benzene rings is 2. The second-order valence-electron chi connectivity index (χ2n) is 6.93. The average Bonchev–Trinajstić information content (AvgIpc) is 3.20. The number of amides is 1. The normalized spacial score (nSPS) is 10.7. The number of rotatable bonds is 6. The summed E-state index contributed by atoms with van der Waals surface area (Å²) in [6.07, 6.45) is 5.80. The van der Waals surface area contributed by atoms with Crippen LogP contribution in [0.2, 0.25) is 0 Å². The summed E-state index contributed by atoms with van der Waals surface area (Å²) in [4.78, 5) is 16.9. The lowest BCUT2D eigenvalue weighted by Crippen LogP contribution is -2.24. The molecule has 1 N–H and O–H groups in total. The van der Waals surface area contributed by atoms with Gasteiger partial charge in [-0.15, -0.1) is 0 Å². The van der Waals surface area contributed by atoms with Crippen LogP contribution in [0.25, 0.3) is 22.4 Å². The molecule has 0 aliphatic rings. The molecule has 0 fully saturated rings. The van der Waals surface area contributed by atoms with Crippen LogP contribution in [0.3, 0.4) is 0 Å². The summed E-state index contributed by atoms with van der Waals surface area (Å²) >= 11 is 0. The molecular formula is C24H22N4O.